The number of aryl methyl sites for hydroxylation is 1. The Kier molecular flexibility index (Phi) is 6.85. The van der Waals surface area contributed by atoms with Gasteiger partial charge in [0.25, 0.3) is 0 Å². The van der Waals surface area contributed by atoms with Crippen LogP contribution in [0.3, 0.4) is 0 Å². The van der Waals surface area contributed by atoms with Crippen LogP contribution in [0.25, 0.3) is 0 Å². The van der Waals surface area contributed by atoms with Crippen LogP contribution >= 0.6 is 0 Å². The molecule has 0 aliphatic carbocycles. The molecule has 0 aromatic carbocycles. The number of hydrogen-bond acceptors (Lipinski definition) is 4. The zero-order chi connectivity index (χ0) is 16.8. The lowest BCUT2D eigenvalue weighted by molar-refractivity contribution is -0.0850. The predicted molar refractivity (Wildman–Crippen MR) is 97.1 cm³/mol. The minimum absolute atomic E-state index is 0.686. The lowest BCUT2D eigenvalue weighted by atomic mass is 10.1. The molecule has 0 spiro atoms. The average Bonchev–Trinajstić information content (AvgIpc) is 2.81. The number of piperazine rings is 1. The Morgan fingerprint density at radius 2 is 1.57 bits per heavy atom. The maximum atomic E-state index is 5.37. The van der Waals surface area contributed by atoms with Crippen LogP contribution in [0, 0.1) is 6.92 Å². The Labute approximate surface area is 141 Å². The summed E-state index contributed by atoms with van der Waals surface area (Å²) >= 11 is 0. The molecule has 4 nitrogen and oxygen atoms in total. The fourth-order valence-electron chi connectivity index (χ4n) is 3.76. The number of pyridine rings is 1. The molecule has 2 unspecified atom stereocenters. The van der Waals surface area contributed by atoms with Gasteiger partial charge in [-0.15, -0.1) is 0 Å². The number of nitrogens with zero attached hydrogens (tertiary/aromatic N) is 3. The summed E-state index contributed by atoms with van der Waals surface area (Å²) in [5.74, 6) is 1.15. The minimum Gasteiger partial charge on any atom is -0.378 e. The highest BCUT2D eigenvalue weighted by Crippen LogP contribution is 2.35. The van der Waals surface area contributed by atoms with Gasteiger partial charge in [0.15, 0.2) is 0 Å². The second-order valence-corrected chi connectivity index (χ2v) is 6.12. The van der Waals surface area contributed by atoms with Gasteiger partial charge in [-0.25, -0.2) is 4.98 Å². The van der Waals surface area contributed by atoms with Gasteiger partial charge >= 0.3 is 0 Å². The highest BCUT2D eigenvalue weighted by molar-refractivity contribution is 5.41. The van der Waals surface area contributed by atoms with E-state index in [9.17, 15) is 0 Å². The molecule has 0 N–H and O–H groups in total. The molecular formula is C19H33N3O. The first-order chi connectivity index (χ1) is 11.3. The van der Waals surface area contributed by atoms with Gasteiger partial charge in [-0.2, -0.15) is 0 Å². The summed E-state index contributed by atoms with van der Waals surface area (Å²) in [4.78, 5) is 9.79. The molecule has 1 aromatic rings. The Morgan fingerprint density at radius 3 is 2.00 bits per heavy atom. The lowest BCUT2D eigenvalue weighted by Gasteiger charge is -2.48. The van der Waals surface area contributed by atoms with E-state index in [1.54, 1.807) is 0 Å². The predicted octanol–water partition coefficient (Wildman–Crippen LogP) is 3.49. The Bertz CT molecular complexity index is 444. The fraction of sp³-hybridized carbons (Fsp3) is 0.737. The Balaban J connectivity index is 0.000000448. The third-order valence-corrected chi connectivity index (χ3v) is 4.80. The topological polar surface area (TPSA) is 28.6 Å². The van der Waals surface area contributed by atoms with E-state index in [1.807, 2.05) is 33.9 Å². The molecule has 0 saturated carbocycles. The van der Waals surface area contributed by atoms with Gasteiger partial charge < -0.3 is 9.64 Å². The van der Waals surface area contributed by atoms with Crippen LogP contribution in [0.5, 0.6) is 0 Å². The van der Waals surface area contributed by atoms with Crippen molar-refractivity contribution < 1.29 is 4.74 Å². The fourth-order valence-corrected chi connectivity index (χ4v) is 3.76. The lowest BCUT2D eigenvalue weighted by Crippen LogP contribution is -2.62. The molecule has 3 aliphatic rings. The quantitative estimate of drug-likeness (QED) is 0.834. The van der Waals surface area contributed by atoms with Gasteiger partial charge in [0, 0.05) is 31.4 Å². The maximum Gasteiger partial charge on any atom is 0.128 e. The third-order valence-electron chi connectivity index (χ3n) is 4.80. The summed E-state index contributed by atoms with van der Waals surface area (Å²) in [5, 5.41) is 0. The summed E-state index contributed by atoms with van der Waals surface area (Å²) in [6, 6.07) is 6.42. The molecule has 2 atom stereocenters. The zero-order valence-corrected chi connectivity index (χ0v) is 15.5. The molecule has 3 saturated heterocycles. The molecule has 1 aromatic heterocycles. The van der Waals surface area contributed by atoms with Crippen molar-refractivity contribution in [3.8, 4) is 0 Å². The maximum absolute atomic E-state index is 5.37. The van der Waals surface area contributed by atoms with E-state index in [-0.39, 0.29) is 0 Å². The van der Waals surface area contributed by atoms with E-state index >= 15 is 0 Å². The van der Waals surface area contributed by atoms with E-state index in [0.29, 0.717) is 18.1 Å². The second kappa shape index (κ2) is 8.65. The van der Waals surface area contributed by atoms with Crippen molar-refractivity contribution in [2.75, 3.05) is 31.2 Å². The first kappa shape index (κ1) is 18.2. The van der Waals surface area contributed by atoms with Crippen molar-refractivity contribution in [1.29, 1.82) is 0 Å². The van der Waals surface area contributed by atoms with E-state index in [4.69, 9.17) is 4.74 Å². The first-order valence-corrected chi connectivity index (χ1v) is 9.34. The summed E-state index contributed by atoms with van der Waals surface area (Å²) in [5.41, 5.74) is 1.23. The SMILES string of the molecule is CC.CC.Cc1ccc(N2CC3CCC(C2)N3C2COC2)nc1. The highest BCUT2D eigenvalue weighted by Gasteiger charge is 2.45. The van der Waals surface area contributed by atoms with Crippen molar-refractivity contribution >= 4 is 5.82 Å². The number of fused-ring (bicyclic) bond motifs is 2. The summed E-state index contributed by atoms with van der Waals surface area (Å²) < 4.78 is 5.37. The van der Waals surface area contributed by atoms with Crippen LogP contribution in [0.2, 0.25) is 0 Å². The van der Waals surface area contributed by atoms with Gasteiger partial charge in [-0.1, -0.05) is 33.8 Å². The normalized spacial score (nSPS) is 26.6. The molecule has 4 heterocycles. The van der Waals surface area contributed by atoms with Crippen LogP contribution in [-0.2, 0) is 4.74 Å². The molecular weight excluding hydrogens is 286 g/mol. The highest BCUT2D eigenvalue weighted by atomic mass is 16.5. The number of aromatic nitrogens is 1. The van der Waals surface area contributed by atoms with E-state index in [0.717, 1.165) is 32.1 Å². The molecule has 4 heteroatoms. The van der Waals surface area contributed by atoms with Crippen LogP contribution < -0.4 is 4.90 Å². The molecule has 0 radical (unpaired) electrons. The summed E-state index contributed by atoms with van der Waals surface area (Å²) in [6.07, 6.45) is 4.65. The second-order valence-electron chi connectivity index (χ2n) is 6.12. The van der Waals surface area contributed by atoms with Crippen LogP contribution in [0.4, 0.5) is 5.82 Å². The van der Waals surface area contributed by atoms with Crippen LogP contribution in [0.15, 0.2) is 18.3 Å². The largest absolute Gasteiger partial charge is 0.378 e. The standard InChI is InChI=1S/C15H21N3O.2C2H6/c1-11-2-5-15(16-6-11)17-7-12-3-4-13(8-17)18(12)14-9-19-10-14;2*1-2/h2,5-6,12-14H,3-4,7-10H2,1H3;2*1-2H3. The average molecular weight is 319 g/mol. The van der Waals surface area contributed by atoms with Gasteiger partial charge in [-0.3, -0.25) is 4.90 Å². The number of anilines is 1. The molecule has 3 fully saturated rings. The minimum atomic E-state index is 0.686. The van der Waals surface area contributed by atoms with E-state index < -0.39 is 0 Å². The van der Waals surface area contributed by atoms with Gasteiger partial charge in [0.05, 0.1) is 19.3 Å². The Morgan fingerprint density at radius 1 is 0.957 bits per heavy atom. The number of rotatable bonds is 2. The molecule has 3 aliphatic heterocycles. The zero-order valence-electron chi connectivity index (χ0n) is 15.5. The molecule has 2 bridgehead atoms. The summed E-state index contributed by atoms with van der Waals surface area (Å²) in [6.45, 7) is 14.2. The number of ether oxygens (including phenoxy) is 1. The van der Waals surface area contributed by atoms with E-state index in [2.05, 4.69) is 33.8 Å². The van der Waals surface area contributed by atoms with Gasteiger partial charge in [-0.05, 0) is 31.4 Å². The third kappa shape index (κ3) is 3.86. The van der Waals surface area contributed by atoms with Gasteiger partial charge in [0.1, 0.15) is 5.82 Å². The first-order valence-electron chi connectivity index (χ1n) is 9.34. The van der Waals surface area contributed by atoms with Gasteiger partial charge in [0.2, 0.25) is 0 Å². The van der Waals surface area contributed by atoms with Crippen molar-refractivity contribution in [3.63, 3.8) is 0 Å². The molecule has 130 valence electrons. The van der Waals surface area contributed by atoms with Crippen molar-refractivity contribution in [2.45, 2.75) is 65.6 Å². The van der Waals surface area contributed by atoms with Crippen LogP contribution in [-0.4, -0.2) is 54.3 Å². The smallest absolute Gasteiger partial charge is 0.128 e. The van der Waals surface area contributed by atoms with Crippen molar-refractivity contribution in [3.05, 3.63) is 23.9 Å². The van der Waals surface area contributed by atoms with Crippen molar-refractivity contribution in [1.82, 2.24) is 9.88 Å². The molecule has 0 amide bonds. The van der Waals surface area contributed by atoms with Crippen LogP contribution in [0.1, 0.15) is 46.1 Å². The molecule has 23 heavy (non-hydrogen) atoms. The van der Waals surface area contributed by atoms with Crippen molar-refractivity contribution in [2.24, 2.45) is 0 Å². The monoisotopic (exact) mass is 319 g/mol. The van der Waals surface area contributed by atoms with E-state index in [1.165, 1.54) is 18.4 Å². The Hall–Kier alpha value is -1.13. The summed E-state index contributed by atoms with van der Waals surface area (Å²) in [7, 11) is 0. The molecule has 4 rings (SSSR count). The number of hydrogen-bond donors (Lipinski definition) is 0.